The minimum atomic E-state index is -0.479. The molecule has 0 spiro atoms. The molecule has 0 saturated heterocycles. The summed E-state index contributed by atoms with van der Waals surface area (Å²) in [6, 6.07) is 16.1. The monoisotopic (exact) mass is 445 g/mol. The summed E-state index contributed by atoms with van der Waals surface area (Å²) in [6.45, 7) is 10.3. The Balaban J connectivity index is 1.42. The molecule has 0 bridgehead atoms. The molecule has 3 rings (SSSR count). The maximum atomic E-state index is 12.5. The molecule has 1 N–H and O–H groups in total. The smallest absolute Gasteiger partial charge is 0.407 e. The SMILES string of the molecule is C=C(C)C1=CC=CC(C(C)(C)NC(=O)OCCOc2ccc(C(=O)c3ccccc3)cc2)C1. The van der Waals surface area contributed by atoms with Crippen molar-refractivity contribution in [1.29, 1.82) is 0 Å². The average molecular weight is 446 g/mol. The van der Waals surface area contributed by atoms with Crippen LogP contribution in [0.15, 0.2) is 90.6 Å². The van der Waals surface area contributed by atoms with E-state index in [1.54, 1.807) is 36.4 Å². The highest BCUT2D eigenvalue weighted by Gasteiger charge is 2.31. The fourth-order valence-corrected chi connectivity index (χ4v) is 3.64. The van der Waals surface area contributed by atoms with Crippen LogP contribution in [0.2, 0.25) is 0 Å². The Bertz CT molecular complexity index is 1050. The second-order valence-electron chi connectivity index (χ2n) is 8.72. The first-order chi connectivity index (χ1) is 15.8. The molecule has 172 valence electrons. The topological polar surface area (TPSA) is 64.6 Å². The number of allylic oxidation sites excluding steroid dienone is 4. The number of hydrogen-bond acceptors (Lipinski definition) is 4. The van der Waals surface area contributed by atoms with Gasteiger partial charge in [0.25, 0.3) is 0 Å². The standard InChI is InChI=1S/C28H31NO4/c1-20(2)23-11-8-12-24(19-23)28(3,4)29-27(31)33-18-17-32-25-15-13-22(14-16-25)26(30)21-9-6-5-7-10-21/h5-16,24H,1,17-19H2,2-4H3,(H,29,31). The van der Waals surface area contributed by atoms with Crippen LogP contribution in [0.25, 0.3) is 0 Å². The lowest BCUT2D eigenvalue weighted by molar-refractivity contribution is 0.103. The Morgan fingerprint density at radius 2 is 1.70 bits per heavy atom. The van der Waals surface area contributed by atoms with Crippen molar-refractivity contribution in [3.8, 4) is 5.75 Å². The lowest BCUT2D eigenvalue weighted by Gasteiger charge is -2.35. The second kappa shape index (κ2) is 10.8. The van der Waals surface area contributed by atoms with Crippen LogP contribution in [0.1, 0.15) is 43.1 Å². The van der Waals surface area contributed by atoms with Crippen molar-refractivity contribution in [2.45, 2.75) is 32.7 Å². The van der Waals surface area contributed by atoms with Gasteiger partial charge in [-0.15, -0.1) is 0 Å². The predicted molar refractivity (Wildman–Crippen MR) is 131 cm³/mol. The molecule has 2 aromatic carbocycles. The van der Waals surface area contributed by atoms with Crippen molar-refractivity contribution in [3.05, 3.63) is 102 Å². The van der Waals surface area contributed by atoms with Gasteiger partial charge in [0, 0.05) is 22.6 Å². The van der Waals surface area contributed by atoms with Crippen molar-refractivity contribution in [1.82, 2.24) is 5.32 Å². The van der Waals surface area contributed by atoms with Gasteiger partial charge in [0.2, 0.25) is 0 Å². The van der Waals surface area contributed by atoms with Crippen molar-refractivity contribution < 1.29 is 19.1 Å². The van der Waals surface area contributed by atoms with E-state index in [2.05, 4.69) is 24.0 Å². The summed E-state index contributed by atoms with van der Waals surface area (Å²) in [5.74, 6) is 0.717. The summed E-state index contributed by atoms with van der Waals surface area (Å²) >= 11 is 0. The maximum Gasteiger partial charge on any atom is 0.407 e. The molecular weight excluding hydrogens is 414 g/mol. The van der Waals surface area contributed by atoms with E-state index in [1.165, 1.54) is 5.57 Å². The minimum Gasteiger partial charge on any atom is -0.490 e. The number of ketones is 1. The van der Waals surface area contributed by atoms with Gasteiger partial charge >= 0.3 is 6.09 Å². The molecule has 2 aromatic rings. The van der Waals surface area contributed by atoms with E-state index in [0.717, 1.165) is 12.0 Å². The molecular formula is C28H31NO4. The van der Waals surface area contributed by atoms with E-state index in [0.29, 0.717) is 16.9 Å². The van der Waals surface area contributed by atoms with Crippen LogP contribution >= 0.6 is 0 Å². The average Bonchev–Trinajstić information content (AvgIpc) is 2.82. The minimum absolute atomic E-state index is 0.0385. The molecule has 0 radical (unpaired) electrons. The quantitative estimate of drug-likeness (QED) is 0.387. The molecule has 33 heavy (non-hydrogen) atoms. The Hall–Kier alpha value is -3.60. The van der Waals surface area contributed by atoms with Gasteiger partial charge in [-0.2, -0.15) is 0 Å². The molecule has 1 aliphatic rings. The van der Waals surface area contributed by atoms with Crippen LogP contribution in [0.5, 0.6) is 5.75 Å². The molecule has 1 aliphatic carbocycles. The first-order valence-electron chi connectivity index (χ1n) is 11.1. The van der Waals surface area contributed by atoms with E-state index >= 15 is 0 Å². The van der Waals surface area contributed by atoms with E-state index in [4.69, 9.17) is 9.47 Å². The Kier molecular flexibility index (Phi) is 7.88. The van der Waals surface area contributed by atoms with Gasteiger partial charge < -0.3 is 14.8 Å². The van der Waals surface area contributed by atoms with Crippen LogP contribution in [-0.2, 0) is 4.74 Å². The van der Waals surface area contributed by atoms with E-state index in [9.17, 15) is 9.59 Å². The Morgan fingerprint density at radius 1 is 1.03 bits per heavy atom. The maximum absolute atomic E-state index is 12.5. The van der Waals surface area contributed by atoms with Gasteiger partial charge in [0.15, 0.2) is 5.78 Å². The van der Waals surface area contributed by atoms with Crippen LogP contribution < -0.4 is 10.1 Å². The van der Waals surface area contributed by atoms with Gasteiger partial charge in [0.05, 0.1) is 0 Å². The van der Waals surface area contributed by atoms with Gasteiger partial charge in [-0.1, -0.05) is 60.7 Å². The molecule has 0 fully saturated rings. The molecule has 0 aliphatic heterocycles. The Morgan fingerprint density at radius 3 is 2.36 bits per heavy atom. The van der Waals surface area contributed by atoms with Crippen LogP contribution in [0.3, 0.4) is 0 Å². The van der Waals surface area contributed by atoms with Crippen LogP contribution in [0, 0.1) is 5.92 Å². The van der Waals surface area contributed by atoms with Crippen molar-refractivity contribution in [3.63, 3.8) is 0 Å². The molecule has 1 atom stereocenters. The number of rotatable bonds is 9. The number of carbonyl (C=O) groups is 2. The third-order valence-electron chi connectivity index (χ3n) is 5.72. The zero-order chi connectivity index (χ0) is 23.8. The molecule has 0 heterocycles. The zero-order valence-electron chi connectivity index (χ0n) is 19.5. The van der Waals surface area contributed by atoms with E-state index in [-0.39, 0.29) is 24.9 Å². The predicted octanol–water partition coefficient (Wildman–Crippen LogP) is 5.88. The van der Waals surface area contributed by atoms with Gasteiger partial charge in [-0.05, 0) is 57.0 Å². The summed E-state index contributed by atoms with van der Waals surface area (Å²) in [5.41, 5.74) is 3.00. The lowest BCUT2D eigenvalue weighted by atomic mass is 9.79. The molecule has 5 heteroatoms. The largest absolute Gasteiger partial charge is 0.490 e. The highest BCUT2D eigenvalue weighted by atomic mass is 16.6. The van der Waals surface area contributed by atoms with Crippen molar-refractivity contribution in [2.75, 3.05) is 13.2 Å². The lowest BCUT2D eigenvalue weighted by Crippen LogP contribution is -2.49. The third-order valence-corrected chi connectivity index (χ3v) is 5.72. The zero-order valence-corrected chi connectivity index (χ0v) is 19.5. The fourth-order valence-electron chi connectivity index (χ4n) is 3.64. The fraction of sp³-hybridized carbons (Fsp3) is 0.286. The number of alkyl carbamates (subject to hydrolysis) is 1. The van der Waals surface area contributed by atoms with Crippen LogP contribution in [-0.4, -0.2) is 30.6 Å². The molecule has 1 amide bonds. The summed E-state index contributed by atoms with van der Waals surface area (Å²) in [6.07, 6.45) is 6.52. The molecule has 0 aromatic heterocycles. The van der Waals surface area contributed by atoms with E-state index < -0.39 is 11.6 Å². The van der Waals surface area contributed by atoms with Gasteiger partial charge in [0.1, 0.15) is 19.0 Å². The highest BCUT2D eigenvalue weighted by molar-refractivity contribution is 6.08. The summed E-state index contributed by atoms with van der Waals surface area (Å²) in [5, 5.41) is 2.96. The number of benzene rings is 2. The van der Waals surface area contributed by atoms with Gasteiger partial charge in [-0.25, -0.2) is 4.79 Å². The summed E-state index contributed by atoms with van der Waals surface area (Å²) in [4.78, 5) is 24.8. The summed E-state index contributed by atoms with van der Waals surface area (Å²) < 4.78 is 10.9. The number of amides is 1. The number of nitrogens with one attached hydrogen (secondary N) is 1. The number of carbonyl (C=O) groups excluding carboxylic acids is 2. The van der Waals surface area contributed by atoms with Crippen molar-refractivity contribution >= 4 is 11.9 Å². The molecule has 0 saturated carbocycles. The highest BCUT2D eigenvalue weighted by Crippen LogP contribution is 2.31. The number of hydrogen-bond donors (Lipinski definition) is 1. The summed E-state index contributed by atoms with van der Waals surface area (Å²) in [7, 11) is 0. The Labute approximate surface area is 195 Å². The van der Waals surface area contributed by atoms with Gasteiger partial charge in [-0.3, -0.25) is 4.79 Å². The normalized spacial score (nSPS) is 15.4. The third kappa shape index (κ3) is 6.69. The molecule has 5 nitrogen and oxygen atoms in total. The second-order valence-corrected chi connectivity index (χ2v) is 8.72. The number of ether oxygens (including phenoxy) is 2. The van der Waals surface area contributed by atoms with Crippen molar-refractivity contribution in [2.24, 2.45) is 5.92 Å². The first kappa shape index (κ1) is 24.1. The first-order valence-corrected chi connectivity index (χ1v) is 11.1. The van der Waals surface area contributed by atoms with Crippen LogP contribution in [0.4, 0.5) is 4.79 Å². The van der Waals surface area contributed by atoms with E-state index in [1.807, 2.05) is 45.0 Å². The molecule has 1 unspecified atom stereocenters.